The van der Waals surface area contributed by atoms with E-state index in [-0.39, 0.29) is 34.3 Å². The van der Waals surface area contributed by atoms with Crippen molar-refractivity contribution in [3.63, 3.8) is 0 Å². The normalized spacial score (nSPS) is 55.7. The Morgan fingerprint density at radius 2 is 1.58 bits per heavy atom. The molecule has 24 heavy (non-hydrogen) atoms. The molecule has 0 saturated heterocycles. The maximum atomic E-state index is 11.8. The lowest BCUT2D eigenvalue weighted by atomic mass is 9.46. The van der Waals surface area contributed by atoms with Crippen LogP contribution in [0.2, 0.25) is 0 Å². The van der Waals surface area contributed by atoms with Gasteiger partial charge in [0.1, 0.15) is 12.2 Å². The Hall–Kier alpha value is -1.10. The van der Waals surface area contributed by atoms with Crippen LogP contribution in [0.25, 0.3) is 0 Å². The van der Waals surface area contributed by atoms with Gasteiger partial charge >= 0.3 is 11.9 Å². The van der Waals surface area contributed by atoms with Crippen molar-refractivity contribution < 1.29 is 24.2 Å². The van der Waals surface area contributed by atoms with Gasteiger partial charge in [-0.15, -0.1) is 0 Å². The lowest BCUT2D eigenvalue weighted by Gasteiger charge is -2.60. The minimum absolute atomic E-state index is 0.00250. The number of hydrogen-bond acceptors (Lipinski definition) is 5. The summed E-state index contributed by atoms with van der Waals surface area (Å²) >= 11 is 0. The van der Waals surface area contributed by atoms with Crippen LogP contribution >= 0.6 is 0 Å². The van der Waals surface area contributed by atoms with Gasteiger partial charge in [-0.1, -0.05) is 27.7 Å². The quantitative estimate of drug-likeness (QED) is 0.783. The van der Waals surface area contributed by atoms with Gasteiger partial charge in [0.05, 0.1) is 6.10 Å². The van der Waals surface area contributed by atoms with Crippen molar-refractivity contribution in [2.24, 2.45) is 33.5 Å². The summed E-state index contributed by atoms with van der Waals surface area (Å²) in [4.78, 5) is 23.3. The Morgan fingerprint density at radius 1 is 1.00 bits per heavy atom. The molecule has 4 bridgehead atoms. The molecule has 5 rings (SSSR count). The molecule has 5 fully saturated rings. The Bertz CT molecular complexity index is 642. The molecule has 0 aromatic carbocycles. The van der Waals surface area contributed by atoms with Crippen LogP contribution in [0.3, 0.4) is 0 Å². The summed E-state index contributed by atoms with van der Waals surface area (Å²) in [5.74, 6) is 0.409. The molecule has 1 spiro atoms. The van der Waals surface area contributed by atoms with Gasteiger partial charge in [0.25, 0.3) is 0 Å². The number of aliphatic hydroxyl groups excluding tert-OH is 1. The van der Waals surface area contributed by atoms with E-state index in [0.717, 1.165) is 6.42 Å². The smallest absolute Gasteiger partial charge is 0.302 e. The number of esters is 2. The van der Waals surface area contributed by atoms with E-state index in [1.165, 1.54) is 13.8 Å². The fourth-order valence-corrected chi connectivity index (χ4v) is 7.86. The summed E-state index contributed by atoms with van der Waals surface area (Å²) in [7, 11) is 0. The van der Waals surface area contributed by atoms with E-state index in [2.05, 4.69) is 27.7 Å². The van der Waals surface area contributed by atoms with E-state index >= 15 is 0 Å². The molecule has 1 N–H and O–H groups in total. The van der Waals surface area contributed by atoms with E-state index in [0.29, 0.717) is 18.3 Å². The van der Waals surface area contributed by atoms with E-state index in [4.69, 9.17) is 9.47 Å². The largest absolute Gasteiger partial charge is 0.461 e. The topological polar surface area (TPSA) is 72.8 Å². The molecule has 5 heteroatoms. The second-order valence-corrected chi connectivity index (χ2v) is 9.55. The van der Waals surface area contributed by atoms with Gasteiger partial charge < -0.3 is 14.6 Å². The predicted octanol–water partition coefficient (Wildman–Crippen LogP) is 2.30. The summed E-state index contributed by atoms with van der Waals surface area (Å²) in [6.07, 6.45) is 0.221. The summed E-state index contributed by atoms with van der Waals surface area (Å²) < 4.78 is 11.4. The molecule has 5 aliphatic carbocycles. The number of ether oxygens (including phenoxy) is 2. The summed E-state index contributed by atoms with van der Waals surface area (Å²) in [5.41, 5.74) is -0.842. The average molecular weight is 336 g/mol. The van der Waals surface area contributed by atoms with E-state index < -0.39 is 17.6 Å². The van der Waals surface area contributed by atoms with Gasteiger partial charge in [0.2, 0.25) is 0 Å². The van der Waals surface area contributed by atoms with Gasteiger partial charge in [0, 0.05) is 30.1 Å². The highest BCUT2D eigenvalue weighted by molar-refractivity contribution is 5.67. The molecular weight excluding hydrogens is 308 g/mol. The Balaban J connectivity index is 1.82. The molecule has 0 radical (unpaired) electrons. The maximum Gasteiger partial charge on any atom is 0.302 e. The molecule has 1 unspecified atom stereocenters. The van der Waals surface area contributed by atoms with E-state index in [1.54, 1.807) is 0 Å². The molecule has 5 nitrogen and oxygen atoms in total. The van der Waals surface area contributed by atoms with Crippen molar-refractivity contribution in [2.75, 3.05) is 0 Å². The Labute approximate surface area is 143 Å². The van der Waals surface area contributed by atoms with Crippen LogP contribution < -0.4 is 0 Å². The zero-order valence-corrected chi connectivity index (χ0v) is 15.4. The van der Waals surface area contributed by atoms with Crippen LogP contribution in [0.4, 0.5) is 0 Å². The third-order valence-corrected chi connectivity index (χ3v) is 8.49. The second kappa shape index (κ2) is 4.17. The summed E-state index contributed by atoms with van der Waals surface area (Å²) in [6, 6.07) is 0. The first-order valence-electron chi connectivity index (χ1n) is 8.97. The van der Waals surface area contributed by atoms with Crippen LogP contribution in [0, 0.1) is 33.5 Å². The molecular formula is C19H28O5. The number of carbonyl (C=O) groups excluding carboxylic acids is 2. The molecule has 0 aromatic heterocycles. The second-order valence-electron chi connectivity index (χ2n) is 9.55. The van der Waals surface area contributed by atoms with Crippen molar-refractivity contribution in [3.05, 3.63) is 0 Å². The molecule has 8 atom stereocenters. The number of rotatable bonds is 2. The fraction of sp³-hybridized carbons (Fsp3) is 0.895. The van der Waals surface area contributed by atoms with Crippen LogP contribution in [0.15, 0.2) is 0 Å². The van der Waals surface area contributed by atoms with Crippen molar-refractivity contribution in [1.29, 1.82) is 0 Å². The zero-order chi connectivity index (χ0) is 17.9. The summed E-state index contributed by atoms with van der Waals surface area (Å²) in [5, 5.41) is 11.0. The standard InChI is InChI=1S/C19H28O5/c1-9(20)23-12-8-17(5)13-11-7-19(17,16(3,4)14(12)22)15(18(11,13)6)24-10(2)21/h11-15,22H,7-8H2,1-6H3/t11-,12+,13+,14+,15?,17-,18-,19+/m1/s1. The van der Waals surface area contributed by atoms with Gasteiger partial charge in [0.15, 0.2) is 0 Å². The molecule has 0 aromatic rings. The van der Waals surface area contributed by atoms with Crippen molar-refractivity contribution in [3.8, 4) is 0 Å². The zero-order valence-electron chi connectivity index (χ0n) is 15.4. The highest BCUT2D eigenvalue weighted by Crippen LogP contribution is 2.94. The van der Waals surface area contributed by atoms with Crippen LogP contribution in [0.5, 0.6) is 0 Å². The van der Waals surface area contributed by atoms with Crippen LogP contribution in [-0.2, 0) is 19.1 Å². The minimum atomic E-state index is -0.757. The first kappa shape index (κ1) is 16.4. The molecule has 134 valence electrons. The highest BCUT2D eigenvalue weighted by atomic mass is 16.6. The number of aliphatic hydroxyl groups is 1. The Morgan fingerprint density at radius 3 is 2.12 bits per heavy atom. The van der Waals surface area contributed by atoms with E-state index in [9.17, 15) is 14.7 Å². The van der Waals surface area contributed by atoms with Crippen molar-refractivity contribution in [1.82, 2.24) is 0 Å². The highest BCUT2D eigenvalue weighted by Gasteiger charge is 2.95. The molecule has 5 saturated carbocycles. The molecule has 5 aliphatic rings. The molecule has 0 amide bonds. The minimum Gasteiger partial charge on any atom is -0.461 e. The van der Waals surface area contributed by atoms with Gasteiger partial charge in [-0.25, -0.2) is 0 Å². The number of hydrogen-bond donors (Lipinski definition) is 1. The van der Waals surface area contributed by atoms with Gasteiger partial charge in [-0.3, -0.25) is 9.59 Å². The van der Waals surface area contributed by atoms with Crippen molar-refractivity contribution in [2.45, 2.75) is 72.7 Å². The van der Waals surface area contributed by atoms with Crippen LogP contribution in [-0.4, -0.2) is 35.4 Å². The lowest BCUT2D eigenvalue weighted by Crippen LogP contribution is -2.64. The van der Waals surface area contributed by atoms with Gasteiger partial charge in [-0.2, -0.15) is 0 Å². The summed E-state index contributed by atoms with van der Waals surface area (Å²) in [6.45, 7) is 11.5. The van der Waals surface area contributed by atoms with Gasteiger partial charge in [-0.05, 0) is 30.1 Å². The fourth-order valence-electron chi connectivity index (χ4n) is 7.86. The number of carbonyl (C=O) groups is 2. The predicted molar refractivity (Wildman–Crippen MR) is 85.8 cm³/mol. The maximum absolute atomic E-state index is 11.8. The monoisotopic (exact) mass is 336 g/mol. The molecule has 0 heterocycles. The van der Waals surface area contributed by atoms with Crippen LogP contribution in [0.1, 0.15) is 54.4 Å². The average Bonchev–Trinajstić information content (AvgIpc) is 2.70. The van der Waals surface area contributed by atoms with Crippen molar-refractivity contribution >= 4 is 11.9 Å². The molecule has 0 aliphatic heterocycles. The van der Waals surface area contributed by atoms with E-state index in [1.807, 2.05) is 0 Å². The SMILES string of the molecule is CC(=O)OC1[C@]2(C)[C@@H]3C[C@@]14C(C)(C)[C@@H](O)[C@@H](OC(C)=O)C[C@]4(C)[C@H]32. The third kappa shape index (κ3) is 1.40. The Kier molecular flexibility index (Phi) is 2.84. The first-order chi connectivity index (χ1) is 10.9. The lowest BCUT2D eigenvalue weighted by molar-refractivity contribution is -0.233. The third-order valence-electron chi connectivity index (χ3n) is 8.49. The first-order valence-corrected chi connectivity index (χ1v) is 8.97.